The third-order valence-corrected chi connectivity index (χ3v) is 9.13. The molecule has 0 bridgehead atoms. The number of aryl methyl sites for hydroxylation is 2. The maximum absolute atomic E-state index is 13.8. The highest BCUT2D eigenvalue weighted by Crippen LogP contribution is 2.29. The molecule has 0 aromatic heterocycles. The van der Waals surface area contributed by atoms with Gasteiger partial charge in [-0.2, -0.15) is 0 Å². The normalized spacial score (nSPS) is 13.3. The molecule has 0 heterocycles. The zero-order valence-corrected chi connectivity index (χ0v) is 29.1. The summed E-state index contributed by atoms with van der Waals surface area (Å²) in [5, 5.41) is 15.9. The highest BCUT2D eigenvalue weighted by Gasteiger charge is 2.29. The van der Waals surface area contributed by atoms with Gasteiger partial charge in [0.25, 0.3) is 0 Å². The number of urea groups is 1. The van der Waals surface area contributed by atoms with Crippen molar-refractivity contribution in [2.45, 2.75) is 58.3 Å². The number of carbonyl (C=O) groups is 3. The average molecular weight is 685 g/mol. The molecule has 2 amide bonds. The van der Waals surface area contributed by atoms with Crippen LogP contribution in [0.5, 0.6) is 5.75 Å². The Morgan fingerprint density at radius 3 is 2.27 bits per heavy atom. The number of ether oxygens (including phenoxy) is 2. The molecule has 0 aliphatic heterocycles. The Morgan fingerprint density at radius 1 is 0.765 bits per heavy atom. The first-order valence-electron chi connectivity index (χ1n) is 17.6. The van der Waals surface area contributed by atoms with E-state index >= 15 is 0 Å². The molecule has 6 rings (SSSR count). The Hall–Kier alpha value is -5.47. The molecule has 0 radical (unpaired) electrons. The lowest BCUT2D eigenvalue weighted by Gasteiger charge is -2.28. The number of benzene rings is 5. The number of hydrogen-bond acceptors (Lipinski definition) is 6. The van der Waals surface area contributed by atoms with Crippen LogP contribution in [0.3, 0.4) is 0 Å². The van der Waals surface area contributed by atoms with Crippen LogP contribution in [-0.2, 0) is 40.2 Å². The molecular formula is C43H44N2O6. The smallest absolute Gasteiger partial charge is 0.337 e. The third kappa shape index (κ3) is 9.21. The fourth-order valence-electron chi connectivity index (χ4n) is 6.56. The van der Waals surface area contributed by atoms with Gasteiger partial charge in [0.1, 0.15) is 18.4 Å². The van der Waals surface area contributed by atoms with Gasteiger partial charge in [0.15, 0.2) is 6.10 Å². The average Bonchev–Trinajstić information content (AvgIpc) is 3.61. The van der Waals surface area contributed by atoms with Gasteiger partial charge in [0.05, 0.1) is 6.54 Å². The van der Waals surface area contributed by atoms with Crippen molar-refractivity contribution in [2.24, 2.45) is 5.92 Å². The second kappa shape index (κ2) is 16.5. The summed E-state index contributed by atoms with van der Waals surface area (Å²) in [4.78, 5) is 41.7. The highest BCUT2D eigenvalue weighted by molar-refractivity contribution is 5.96. The van der Waals surface area contributed by atoms with E-state index in [0.717, 1.165) is 52.3 Å². The number of carbonyl (C=O) groups excluding carboxylic acids is 3. The summed E-state index contributed by atoms with van der Waals surface area (Å²) in [6, 6.07) is 35.6. The predicted octanol–water partition coefficient (Wildman–Crippen LogP) is 7.28. The van der Waals surface area contributed by atoms with Crippen molar-refractivity contribution >= 4 is 28.7 Å². The molecule has 5 aromatic carbocycles. The van der Waals surface area contributed by atoms with Crippen LogP contribution in [0, 0.1) is 5.92 Å². The molecule has 5 aromatic rings. The van der Waals surface area contributed by atoms with Crippen LogP contribution >= 0.6 is 0 Å². The predicted molar refractivity (Wildman–Crippen MR) is 198 cm³/mol. The van der Waals surface area contributed by atoms with E-state index in [1.165, 1.54) is 16.0 Å². The van der Waals surface area contributed by atoms with E-state index in [2.05, 4.69) is 29.6 Å². The molecule has 1 aliphatic carbocycles. The van der Waals surface area contributed by atoms with Crippen LogP contribution in [0.1, 0.15) is 42.5 Å². The highest BCUT2D eigenvalue weighted by atomic mass is 16.5. The number of nitrogens with one attached hydrogen (secondary N) is 1. The molecule has 8 heteroatoms. The van der Waals surface area contributed by atoms with Gasteiger partial charge in [-0.05, 0) is 81.5 Å². The number of esters is 2. The monoisotopic (exact) mass is 684 g/mol. The molecule has 0 fully saturated rings. The van der Waals surface area contributed by atoms with Crippen molar-refractivity contribution < 1.29 is 29.0 Å². The SMILES string of the molecule is CC(C)CN(CC(O)C(=O)OCc1ccccc1)C(=O)N[C@@H](Cc1ccc(-c2cccc3ccccc23)cc1)C(=O)Oc1ccc2c(c1)CCC2. The molecule has 2 N–H and O–H groups in total. The first-order valence-corrected chi connectivity index (χ1v) is 17.6. The topological polar surface area (TPSA) is 105 Å². The van der Waals surface area contributed by atoms with Crippen LogP contribution in [0.2, 0.25) is 0 Å². The Morgan fingerprint density at radius 2 is 1.49 bits per heavy atom. The zero-order chi connectivity index (χ0) is 35.7. The second-order valence-corrected chi connectivity index (χ2v) is 13.5. The third-order valence-electron chi connectivity index (χ3n) is 9.13. The number of fused-ring (bicyclic) bond motifs is 2. The molecule has 2 atom stereocenters. The summed E-state index contributed by atoms with van der Waals surface area (Å²) < 4.78 is 11.2. The molecule has 1 unspecified atom stereocenters. The molecular weight excluding hydrogens is 640 g/mol. The van der Waals surface area contributed by atoms with Crippen LogP contribution in [-0.4, -0.2) is 53.2 Å². The van der Waals surface area contributed by atoms with E-state index in [0.29, 0.717) is 5.75 Å². The minimum absolute atomic E-state index is 0.00298. The van der Waals surface area contributed by atoms with Gasteiger partial charge in [-0.1, -0.05) is 117 Å². The van der Waals surface area contributed by atoms with Gasteiger partial charge in [-0.15, -0.1) is 0 Å². The molecule has 0 saturated heterocycles. The van der Waals surface area contributed by atoms with Gasteiger partial charge in [-0.3, -0.25) is 0 Å². The van der Waals surface area contributed by atoms with Crippen molar-refractivity contribution in [3.8, 4) is 16.9 Å². The quantitative estimate of drug-likeness (QED) is 0.0998. The van der Waals surface area contributed by atoms with E-state index in [1.807, 2.05) is 98.8 Å². The van der Waals surface area contributed by atoms with E-state index in [4.69, 9.17) is 9.47 Å². The summed E-state index contributed by atoms with van der Waals surface area (Å²) in [6.45, 7) is 3.79. The summed E-state index contributed by atoms with van der Waals surface area (Å²) >= 11 is 0. The summed E-state index contributed by atoms with van der Waals surface area (Å²) in [7, 11) is 0. The first kappa shape index (κ1) is 35.4. The minimum atomic E-state index is -1.57. The fourth-order valence-corrected chi connectivity index (χ4v) is 6.56. The molecule has 1 aliphatic rings. The van der Waals surface area contributed by atoms with Gasteiger partial charge in [-0.25, -0.2) is 14.4 Å². The molecule has 0 saturated carbocycles. The lowest BCUT2D eigenvalue weighted by Crippen LogP contribution is -2.53. The summed E-state index contributed by atoms with van der Waals surface area (Å²) in [6.07, 6.45) is 1.61. The standard InChI is InChI=1S/C43H44N2O6/c1-29(2)26-45(27-40(46)42(48)50-28-31-10-4-3-5-11-31)43(49)44-39(41(47)51-36-23-22-32-13-8-15-35(32)25-36)24-30-18-20-34(21-19-30)38-17-9-14-33-12-6-7-16-37(33)38/h3-7,9-12,14,16-23,25,29,39-40,46H,8,13,15,24,26-28H2,1-2H3,(H,44,49)/t39-,40?/m0/s1. The fraction of sp³-hybridized carbons (Fsp3) is 0.279. The van der Waals surface area contributed by atoms with Gasteiger partial charge in [0.2, 0.25) is 0 Å². The largest absolute Gasteiger partial charge is 0.459 e. The molecule has 262 valence electrons. The number of rotatable bonds is 13. The lowest BCUT2D eigenvalue weighted by atomic mass is 9.96. The molecule has 8 nitrogen and oxygen atoms in total. The molecule has 0 spiro atoms. The van der Waals surface area contributed by atoms with Crippen LogP contribution < -0.4 is 10.1 Å². The minimum Gasteiger partial charge on any atom is -0.459 e. The summed E-state index contributed by atoms with van der Waals surface area (Å²) in [5.74, 6) is -0.991. The van der Waals surface area contributed by atoms with Crippen molar-refractivity contribution in [1.82, 2.24) is 10.2 Å². The van der Waals surface area contributed by atoms with E-state index < -0.39 is 30.1 Å². The van der Waals surface area contributed by atoms with Crippen LogP contribution in [0.25, 0.3) is 21.9 Å². The van der Waals surface area contributed by atoms with Gasteiger partial charge in [0, 0.05) is 13.0 Å². The van der Waals surface area contributed by atoms with Crippen molar-refractivity contribution in [1.29, 1.82) is 0 Å². The number of aliphatic hydroxyl groups is 1. The van der Waals surface area contributed by atoms with Crippen molar-refractivity contribution in [2.75, 3.05) is 13.1 Å². The van der Waals surface area contributed by atoms with Crippen LogP contribution in [0.4, 0.5) is 4.79 Å². The second-order valence-electron chi connectivity index (χ2n) is 13.5. The Kier molecular flexibility index (Phi) is 11.4. The Bertz CT molecular complexity index is 1970. The van der Waals surface area contributed by atoms with E-state index in [-0.39, 0.29) is 32.0 Å². The number of hydrogen-bond donors (Lipinski definition) is 2. The van der Waals surface area contributed by atoms with Gasteiger partial charge >= 0.3 is 18.0 Å². The summed E-state index contributed by atoms with van der Waals surface area (Å²) in [5.41, 5.74) is 6.18. The Labute approximate surface area is 299 Å². The number of amides is 2. The Balaban J connectivity index is 1.19. The molecule has 51 heavy (non-hydrogen) atoms. The number of aliphatic hydroxyl groups excluding tert-OH is 1. The van der Waals surface area contributed by atoms with E-state index in [1.54, 1.807) is 6.07 Å². The van der Waals surface area contributed by atoms with Gasteiger partial charge < -0.3 is 24.8 Å². The number of nitrogens with zero attached hydrogens (tertiary/aromatic N) is 1. The first-order chi connectivity index (χ1) is 24.7. The zero-order valence-electron chi connectivity index (χ0n) is 29.1. The lowest BCUT2D eigenvalue weighted by molar-refractivity contribution is -0.155. The maximum atomic E-state index is 13.8. The maximum Gasteiger partial charge on any atom is 0.337 e. The van der Waals surface area contributed by atoms with Crippen molar-refractivity contribution in [3.05, 3.63) is 138 Å². The van der Waals surface area contributed by atoms with Crippen LogP contribution in [0.15, 0.2) is 115 Å². The van der Waals surface area contributed by atoms with E-state index in [9.17, 15) is 19.5 Å². The van der Waals surface area contributed by atoms with Crippen molar-refractivity contribution in [3.63, 3.8) is 0 Å².